The molecule has 0 bridgehead atoms. The van der Waals surface area contributed by atoms with Gasteiger partial charge in [-0.25, -0.2) is 9.48 Å². The molecule has 0 aliphatic carbocycles. The molecule has 1 aromatic heterocycles. The van der Waals surface area contributed by atoms with Crippen LogP contribution in [0.3, 0.4) is 0 Å². The summed E-state index contributed by atoms with van der Waals surface area (Å²) in [5, 5.41) is 7.95. The third-order valence-corrected chi connectivity index (χ3v) is 6.00. The minimum absolute atomic E-state index is 0.0480. The van der Waals surface area contributed by atoms with Gasteiger partial charge in [-0.3, -0.25) is 9.56 Å². The van der Waals surface area contributed by atoms with Crippen LogP contribution in [0.1, 0.15) is 37.9 Å². The van der Waals surface area contributed by atoms with Crippen molar-refractivity contribution in [3.05, 3.63) is 16.3 Å². The summed E-state index contributed by atoms with van der Waals surface area (Å²) in [6, 6.07) is 0. The number of rotatable bonds is 4. The van der Waals surface area contributed by atoms with Crippen molar-refractivity contribution in [2.45, 2.75) is 51.6 Å². The molecule has 0 saturated carbocycles. The maximum absolute atomic E-state index is 12.3. The first kappa shape index (κ1) is 17.6. The molecule has 1 spiro atoms. The Morgan fingerprint density at radius 3 is 3.04 bits per heavy atom. The third kappa shape index (κ3) is 3.39. The van der Waals surface area contributed by atoms with Gasteiger partial charge in [-0.2, -0.15) is 5.10 Å². The van der Waals surface area contributed by atoms with Gasteiger partial charge in [0.25, 0.3) is 0 Å². The molecular weight excluding hydrogens is 332 g/mol. The summed E-state index contributed by atoms with van der Waals surface area (Å²) in [7, 11) is 1.84. The van der Waals surface area contributed by atoms with Gasteiger partial charge in [0.15, 0.2) is 5.96 Å². The van der Waals surface area contributed by atoms with Crippen molar-refractivity contribution in [1.82, 2.24) is 24.6 Å². The summed E-state index contributed by atoms with van der Waals surface area (Å²) in [6.45, 7) is 6.11. The van der Waals surface area contributed by atoms with E-state index < -0.39 is 0 Å². The Bertz CT molecular complexity index is 716. The first-order valence-electron chi connectivity index (χ1n) is 9.91. The lowest BCUT2D eigenvalue weighted by Gasteiger charge is -2.24. The highest BCUT2D eigenvalue weighted by Gasteiger charge is 2.42. The molecule has 1 unspecified atom stereocenters. The van der Waals surface area contributed by atoms with Crippen LogP contribution >= 0.6 is 0 Å². The van der Waals surface area contributed by atoms with Gasteiger partial charge in [-0.05, 0) is 32.1 Å². The largest absolute Gasteiger partial charge is 0.381 e. The van der Waals surface area contributed by atoms with Crippen molar-refractivity contribution in [2.24, 2.45) is 10.4 Å². The van der Waals surface area contributed by atoms with Gasteiger partial charge in [0, 0.05) is 58.2 Å². The monoisotopic (exact) mass is 362 g/mol. The second-order valence-electron chi connectivity index (χ2n) is 7.83. The van der Waals surface area contributed by atoms with E-state index in [1.807, 2.05) is 11.6 Å². The molecule has 8 heteroatoms. The second kappa shape index (κ2) is 7.42. The van der Waals surface area contributed by atoms with E-state index in [0.29, 0.717) is 12.0 Å². The molecule has 3 aliphatic rings. The van der Waals surface area contributed by atoms with Crippen molar-refractivity contribution in [2.75, 3.05) is 39.9 Å². The van der Waals surface area contributed by atoms with Crippen LogP contribution in [0, 0.1) is 5.41 Å². The molecule has 144 valence electrons. The lowest BCUT2D eigenvalue weighted by Crippen LogP contribution is -2.42. The average molecular weight is 362 g/mol. The molecule has 26 heavy (non-hydrogen) atoms. The van der Waals surface area contributed by atoms with Crippen molar-refractivity contribution < 1.29 is 4.74 Å². The van der Waals surface area contributed by atoms with Gasteiger partial charge in [-0.1, -0.05) is 0 Å². The zero-order valence-electron chi connectivity index (χ0n) is 15.7. The van der Waals surface area contributed by atoms with Crippen LogP contribution in [-0.4, -0.2) is 65.1 Å². The molecule has 8 nitrogen and oxygen atoms in total. The van der Waals surface area contributed by atoms with E-state index in [0.717, 1.165) is 83.3 Å². The van der Waals surface area contributed by atoms with E-state index in [2.05, 4.69) is 20.3 Å². The number of nitrogens with one attached hydrogen (secondary N) is 1. The fourth-order valence-electron chi connectivity index (χ4n) is 4.44. The number of aliphatic imine (C=N–C) groups is 1. The smallest absolute Gasteiger partial charge is 0.345 e. The minimum Gasteiger partial charge on any atom is -0.381 e. The first-order valence-corrected chi connectivity index (χ1v) is 9.91. The van der Waals surface area contributed by atoms with Crippen LogP contribution in [0.25, 0.3) is 0 Å². The van der Waals surface area contributed by atoms with E-state index in [1.165, 1.54) is 6.42 Å². The minimum atomic E-state index is 0.0480. The zero-order chi connectivity index (χ0) is 18.0. The molecule has 1 aromatic rings. The molecule has 4 rings (SSSR count). The summed E-state index contributed by atoms with van der Waals surface area (Å²) in [5.41, 5.74) is 0.382. The number of likely N-dealkylation sites (tertiary alicyclic amines) is 1. The normalized spacial score (nSPS) is 25.9. The van der Waals surface area contributed by atoms with Crippen LogP contribution < -0.4 is 11.0 Å². The molecule has 1 atom stereocenters. The summed E-state index contributed by atoms with van der Waals surface area (Å²) in [4.78, 5) is 19.1. The number of hydrogen-bond donors (Lipinski definition) is 1. The fourth-order valence-corrected chi connectivity index (χ4v) is 4.44. The van der Waals surface area contributed by atoms with Crippen molar-refractivity contribution in [3.63, 3.8) is 0 Å². The standard InChI is InChI=1S/C18H30N6O2/c1-19-16(22-11-6-18(13-22)7-12-26-14-18)20-8-4-10-24-17(25)23-9-3-2-5-15(23)21-24/h2-14H2,1H3,(H,19,20). The molecule has 3 aliphatic heterocycles. The lowest BCUT2D eigenvalue weighted by atomic mass is 9.87. The number of aryl methyl sites for hydroxylation is 2. The molecule has 0 aromatic carbocycles. The Kier molecular flexibility index (Phi) is 5.02. The van der Waals surface area contributed by atoms with E-state index in [1.54, 1.807) is 4.68 Å². The van der Waals surface area contributed by atoms with Crippen LogP contribution in [0.15, 0.2) is 9.79 Å². The highest BCUT2D eigenvalue weighted by atomic mass is 16.5. The van der Waals surface area contributed by atoms with Gasteiger partial charge in [-0.15, -0.1) is 0 Å². The van der Waals surface area contributed by atoms with Gasteiger partial charge in [0.05, 0.1) is 6.61 Å². The predicted molar refractivity (Wildman–Crippen MR) is 99.5 cm³/mol. The van der Waals surface area contributed by atoms with Crippen LogP contribution in [0.5, 0.6) is 0 Å². The second-order valence-corrected chi connectivity index (χ2v) is 7.83. The molecular formula is C18H30N6O2. The molecule has 0 radical (unpaired) electrons. The van der Waals surface area contributed by atoms with Gasteiger partial charge in [0.1, 0.15) is 5.82 Å². The Morgan fingerprint density at radius 1 is 1.35 bits per heavy atom. The van der Waals surface area contributed by atoms with Crippen LogP contribution in [0.4, 0.5) is 0 Å². The number of nitrogens with zero attached hydrogens (tertiary/aromatic N) is 5. The number of aromatic nitrogens is 3. The lowest BCUT2D eigenvalue weighted by molar-refractivity contribution is 0.156. The van der Waals surface area contributed by atoms with Crippen LogP contribution in [-0.2, 0) is 24.2 Å². The predicted octanol–water partition coefficient (Wildman–Crippen LogP) is 0.459. The quantitative estimate of drug-likeness (QED) is 0.478. The number of hydrogen-bond acceptors (Lipinski definition) is 4. The Morgan fingerprint density at radius 2 is 2.27 bits per heavy atom. The fraction of sp³-hybridized carbons (Fsp3) is 0.833. The van der Waals surface area contributed by atoms with Crippen molar-refractivity contribution in [1.29, 1.82) is 0 Å². The maximum atomic E-state index is 12.3. The van der Waals surface area contributed by atoms with E-state index in [9.17, 15) is 4.79 Å². The average Bonchev–Trinajstić information content (AvgIpc) is 3.37. The van der Waals surface area contributed by atoms with E-state index >= 15 is 0 Å². The Balaban J connectivity index is 1.26. The first-order chi connectivity index (χ1) is 12.7. The Labute approximate surface area is 154 Å². The third-order valence-electron chi connectivity index (χ3n) is 6.00. The summed E-state index contributed by atoms with van der Waals surface area (Å²) in [5.74, 6) is 1.91. The highest BCUT2D eigenvalue weighted by molar-refractivity contribution is 5.80. The number of guanidine groups is 1. The molecule has 4 heterocycles. The molecule has 0 amide bonds. The van der Waals surface area contributed by atoms with Gasteiger partial charge >= 0.3 is 5.69 Å². The maximum Gasteiger partial charge on any atom is 0.345 e. The van der Waals surface area contributed by atoms with Crippen molar-refractivity contribution >= 4 is 5.96 Å². The topological polar surface area (TPSA) is 76.7 Å². The van der Waals surface area contributed by atoms with Crippen LogP contribution in [0.2, 0.25) is 0 Å². The summed E-state index contributed by atoms with van der Waals surface area (Å²) in [6.07, 6.45) is 6.35. The van der Waals surface area contributed by atoms with E-state index in [4.69, 9.17) is 4.74 Å². The SMILES string of the molecule is CN=C(NCCCn1nc2n(c1=O)CCCC2)N1CCC2(CCOC2)C1. The number of ether oxygens (including phenoxy) is 1. The van der Waals surface area contributed by atoms with Crippen molar-refractivity contribution in [3.8, 4) is 0 Å². The number of fused-ring (bicyclic) bond motifs is 1. The summed E-state index contributed by atoms with van der Waals surface area (Å²) >= 11 is 0. The molecule has 2 fully saturated rings. The van der Waals surface area contributed by atoms with Gasteiger partial charge < -0.3 is 15.0 Å². The van der Waals surface area contributed by atoms with E-state index in [-0.39, 0.29) is 5.69 Å². The molecule has 1 N–H and O–H groups in total. The summed E-state index contributed by atoms with van der Waals surface area (Å²) < 4.78 is 9.08. The van der Waals surface area contributed by atoms with Gasteiger partial charge in [0.2, 0.25) is 0 Å². The molecule has 2 saturated heterocycles. The highest BCUT2D eigenvalue weighted by Crippen LogP contribution is 2.38. The zero-order valence-corrected chi connectivity index (χ0v) is 15.7. The Hall–Kier alpha value is -1.83.